The van der Waals surface area contributed by atoms with Crippen LogP contribution in [0.4, 0.5) is 5.69 Å². The molecule has 0 saturated carbocycles. The molecule has 1 aliphatic rings. The molecule has 0 unspecified atom stereocenters. The molecule has 0 spiro atoms. The van der Waals surface area contributed by atoms with E-state index in [2.05, 4.69) is 0 Å². The van der Waals surface area contributed by atoms with Crippen LogP contribution < -0.4 is 14.4 Å². The van der Waals surface area contributed by atoms with Crippen LogP contribution in [0.5, 0.6) is 11.5 Å². The molecule has 30 heavy (non-hydrogen) atoms. The largest absolute Gasteiger partial charge is 0.490 e. The van der Waals surface area contributed by atoms with Gasteiger partial charge in [-0.1, -0.05) is 17.7 Å². The second-order valence-electron chi connectivity index (χ2n) is 7.52. The molecule has 0 radical (unpaired) electrons. The fourth-order valence-corrected chi connectivity index (χ4v) is 3.48. The molecule has 2 amide bonds. The Balaban J connectivity index is 1.71. The number of carbonyl (C=O) groups excluding carboxylic acids is 2. The maximum Gasteiger partial charge on any atom is 0.260 e. The zero-order valence-electron chi connectivity index (χ0n) is 18.0. The summed E-state index contributed by atoms with van der Waals surface area (Å²) in [7, 11) is 1.75. The SMILES string of the molecule is CCOc1cc(C(=O)N(C)c2ccc(C)cc2)ccc1OCC(=O)N1CCCCC1. The van der Waals surface area contributed by atoms with Gasteiger partial charge in [0.05, 0.1) is 6.61 Å². The van der Waals surface area contributed by atoms with E-state index < -0.39 is 0 Å². The number of ether oxygens (including phenoxy) is 2. The van der Waals surface area contributed by atoms with Gasteiger partial charge in [-0.3, -0.25) is 9.59 Å². The number of benzene rings is 2. The predicted molar refractivity (Wildman–Crippen MR) is 117 cm³/mol. The minimum atomic E-state index is -0.143. The van der Waals surface area contributed by atoms with E-state index in [0.29, 0.717) is 23.7 Å². The number of anilines is 1. The van der Waals surface area contributed by atoms with E-state index in [-0.39, 0.29) is 18.4 Å². The average Bonchev–Trinajstić information content (AvgIpc) is 2.78. The van der Waals surface area contributed by atoms with E-state index in [0.717, 1.165) is 37.2 Å². The van der Waals surface area contributed by atoms with Crippen LogP contribution in [0.15, 0.2) is 42.5 Å². The minimum Gasteiger partial charge on any atom is -0.490 e. The van der Waals surface area contributed by atoms with Crippen molar-refractivity contribution in [3.05, 3.63) is 53.6 Å². The maximum atomic E-state index is 12.9. The second-order valence-corrected chi connectivity index (χ2v) is 7.52. The first-order chi connectivity index (χ1) is 14.5. The van der Waals surface area contributed by atoms with Crippen LogP contribution >= 0.6 is 0 Å². The lowest BCUT2D eigenvalue weighted by Gasteiger charge is -2.26. The number of likely N-dealkylation sites (tertiary alicyclic amines) is 1. The van der Waals surface area contributed by atoms with Crippen molar-refractivity contribution in [3.8, 4) is 11.5 Å². The lowest BCUT2D eigenvalue weighted by molar-refractivity contribution is -0.134. The zero-order chi connectivity index (χ0) is 21.5. The van der Waals surface area contributed by atoms with Crippen molar-refractivity contribution in [2.45, 2.75) is 33.1 Å². The molecule has 2 aromatic rings. The van der Waals surface area contributed by atoms with E-state index in [1.165, 1.54) is 6.42 Å². The summed E-state index contributed by atoms with van der Waals surface area (Å²) in [5, 5.41) is 0. The second kappa shape index (κ2) is 10.1. The molecule has 0 aromatic heterocycles. The number of hydrogen-bond acceptors (Lipinski definition) is 4. The van der Waals surface area contributed by atoms with Crippen LogP contribution in [0.3, 0.4) is 0 Å². The lowest BCUT2D eigenvalue weighted by atomic mass is 10.1. The highest BCUT2D eigenvalue weighted by Gasteiger charge is 2.19. The molecule has 2 aromatic carbocycles. The monoisotopic (exact) mass is 410 g/mol. The third-order valence-electron chi connectivity index (χ3n) is 5.28. The van der Waals surface area contributed by atoms with Crippen molar-refractivity contribution in [3.63, 3.8) is 0 Å². The molecule has 1 heterocycles. The normalized spacial score (nSPS) is 13.6. The van der Waals surface area contributed by atoms with Gasteiger partial charge in [0.15, 0.2) is 18.1 Å². The Morgan fingerprint density at radius 1 is 0.967 bits per heavy atom. The first-order valence-electron chi connectivity index (χ1n) is 10.5. The number of nitrogens with zero attached hydrogens (tertiary/aromatic N) is 2. The van der Waals surface area contributed by atoms with Gasteiger partial charge in [-0.25, -0.2) is 0 Å². The summed E-state index contributed by atoms with van der Waals surface area (Å²) in [6.45, 7) is 5.86. The van der Waals surface area contributed by atoms with Gasteiger partial charge in [0.25, 0.3) is 11.8 Å². The summed E-state index contributed by atoms with van der Waals surface area (Å²) < 4.78 is 11.4. The van der Waals surface area contributed by atoms with E-state index >= 15 is 0 Å². The summed E-state index contributed by atoms with van der Waals surface area (Å²) in [5.74, 6) is 0.774. The molecular weight excluding hydrogens is 380 g/mol. The molecule has 0 bridgehead atoms. The van der Waals surface area contributed by atoms with Crippen LogP contribution in [0.25, 0.3) is 0 Å². The highest BCUT2D eigenvalue weighted by atomic mass is 16.5. The Hall–Kier alpha value is -3.02. The van der Waals surface area contributed by atoms with Crippen LogP contribution in [-0.2, 0) is 4.79 Å². The van der Waals surface area contributed by atoms with Crippen molar-refractivity contribution in [1.82, 2.24) is 4.90 Å². The summed E-state index contributed by atoms with van der Waals surface area (Å²) in [5.41, 5.74) is 2.45. The van der Waals surface area contributed by atoms with E-state index in [9.17, 15) is 9.59 Å². The Bertz CT molecular complexity index is 873. The van der Waals surface area contributed by atoms with Gasteiger partial charge in [-0.15, -0.1) is 0 Å². The zero-order valence-corrected chi connectivity index (χ0v) is 18.0. The first kappa shape index (κ1) is 21.7. The van der Waals surface area contributed by atoms with Crippen LogP contribution in [0.1, 0.15) is 42.1 Å². The van der Waals surface area contributed by atoms with Gasteiger partial charge >= 0.3 is 0 Å². The number of rotatable bonds is 7. The molecule has 0 atom stereocenters. The third kappa shape index (κ3) is 5.32. The smallest absolute Gasteiger partial charge is 0.260 e. The Morgan fingerprint density at radius 2 is 1.67 bits per heavy atom. The van der Waals surface area contributed by atoms with Gasteiger partial charge in [-0.2, -0.15) is 0 Å². The number of piperidine rings is 1. The number of aryl methyl sites for hydroxylation is 1. The van der Waals surface area contributed by atoms with Gasteiger partial charge < -0.3 is 19.3 Å². The first-order valence-corrected chi connectivity index (χ1v) is 10.5. The quantitative estimate of drug-likeness (QED) is 0.691. The Kier molecular flexibility index (Phi) is 7.33. The van der Waals surface area contributed by atoms with Gasteiger partial charge in [0.1, 0.15) is 0 Å². The van der Waals surface area contributed by atoms with Crippen molar-refractivity contribution in [1.29, 1.82) is 0 Å². The topological polar surface area (TPSA) is 59.1 Å². The summed E-state index contributed by atoms with van der Waals surface area (Å²) >= 11 is 0. The molecule has 6 nitrogen and oxygen atoms in total. The Morgan fingerprint density at radius 3 is 2.33 bits per heavy atom. The molecule has 0 N–H and O–H groups in total. The number of carbonyl (C=O) groups is 2. The minimum absolute atomic E-state index is 0.0172. The highest BCUT2D eigenvalue weighted by molar-refractivity contribution is 6.06. The molecule has 1 aliphatic heterocycles. The van der Waals surface area contributed by atoms with E-state index in [1.807, 2.05) is 43.0 Å². The Labute approximate surface area is 178 Å². The number of hydrogen-bond donors (Lipinski definition) is 0. The molecule has 6 heteroatoms. The predicted octanol–water partition coefficient (Wildman–Crippen LogP) is 4.06. The number of amides is 2. The fourth-order valence-electron chi connectivity index (χ4n) is 3.48. The van der Waals surface area contributed by atoms with Crippen LogP contribution in [-0.4, -0.2) is 50.1 Å². The van der Waals surface area contributed by atoms with Crippen molar-refractivity contribution >= 4 is 17.5 Å². The lowest BCUT2D eigenvalue weighted by Crippen LogP contribution is -2.38. The van der Waals surface area contributed by atoms with Gasteiger partial charge in [0, 0.05) is 31.4 Å². The van der Waals surface area contributed by atoms with Crippen molar-refractivity contribution in [2.24, 2.45) is 0 Å². The van der Waals surface area contributed by atoms with Gasteiger partial charge in [-0.05, 0) is 63.4 Å². The van der Waals surface area contributed by atoms with E-state index in [4.69, 9.17) is 9.47 Å². The third-order valence-corrected chi connectivity index (χ3v) is 5.28. The summed E-state index contributed by atoms with van der Waals surface area (Å²) in [6, 6.07) is 12.9. The molecule has 1 saturated heterocycles. The molecule has 160 valence electrons. The molecular formula is C24H30N2O4. The molecule has 3 rings (SSSR count). The highest BCUT2D eigenvalue weighted by Crippen LogP contribution is 2.30. The van der Waals surface area contributed by atoms with Crippen LogP contribution in [0.2, 0.25) is 0 Å². The van der Waals surface area contributed by atoms with Crippen molar-refractivity contribution in [2.75, 3.05) is 38.3 Å². The van der Waals surface area contributed by atoms with Crippen molar-refractivity contribution < 1.29 is 19.1 Å². The molecule has 0 aliphatic carbocycles. The standard InChI is InChI=1S/C24H30N2O4/c1-4-29-22-16-19(24(28)25(3)20-11-8-18(2)9-12-20)10-13-21(22)30-17-23(27)26-14-6-5-7-15-26/h8-13,16H,4-7,14-15,17H2,1-3H3. The maximum absolute atomic E-state index is 12.9. The van der Waals surface area contributed by atoms with E-state index in [1.54, 1.807) is 30.1 Å². The summed E-state index contributed by atoms with van der Waals surface area (Å²) in [6.07, 6.45) is 3.26. The fraction of sp³-hybridized carbons (Fsp3) is 0.417. The summed E-state index contributed by atoms with van der Waals surface area (Å²) in [4.78, 5) is 28.8. The molecule has 1 fully saturated rings. The van der Waals surface area contributed by atoms with Crippen LogP contribution in [0, 0.1) is 6.92 Å². The van der Waals surface area contributed by atoms with Gasteiger partial charge in [0.2, 0.25) is 0 Å². The average molecular weight is 411 g/mol.